The van der Waals surface area contributed by atoms with Crippen LogP contribution in [0.25, 0.3) is 0 Å². The summed E-state index contributed by atoms with van der Waals surface area (Å²) in [6.07, 6.45) is 9.63. The van der Waals surface area contributed by atoms with Gasteiger partial charge >= 0.3 is 0 Å². The number of rotatable bonds is 3. The monoisotopic (exact) mass is 910 g/mol. The number of aryl methyl sites for hydroxylation is 2. The van der Waals surface area contributed by atoms with Crippen LogP contribution in [-0.2, 0) is 27.1 Å². The van der Waals surface area contributed by atoms with Gasteiger partial charge in [-0.1, -0.05) is 173 Å². The van der Waals surface area contributed by atoms with Crippen molar-refractivity contribution in [2.75, 3.05) is 14.7 Å². The van der Waals surface area contributed by atoms with Crippen LogP contribution in [0.2, 0.25) is 0 Å². The van der Waals surface area contributed by atoms with Crippen LogP contribution in [0.1, 0.15) is 179 Å². The van der Waals surface area contributed by atoms with Crippen LogP contribution >= 0.6 is 0 Å². The maximum Gasteiger partial charge on any atom is 0.252 e. The molecular formula is C65H76BN3. The van der Waals surface area contributed by atoms with E-state index in [0.29, 0.717) is 0 Å². The van der Waals surface area contributed by atoms with E-state index in [9.17, 15) is 0 Å². The van der Waals surface area contributed by atoms with E-state index < -0.39 is 0 Å². The molecule has 2 aliphatic carbocycles. The van der Waals surface area contributed by atoms with Gasteiger partial charge in [-0.25, -0.2) is 0 Å². The van der Waals surface area contributed by atoms with E-state index in [-0.39, 0.29) is 44.9 Å². The molecule has 2 fully saturated rings. The Morgan fingerprint density at radius 2 is 1.06 bits per heavy atom. The largest absolute Gasteiger partial charge is 0.335 e. The summed E-state index contributed by atoms with van der Waals surface area (Å²) in [6, 6.07) is 44.4. The first-order valence-electron chi connectivity index (χ1n) is 26.7. The second-order valence-corrected chi connectivity index (χ2v) is 26.4. The molecule has 4 aliphatic heterocycles. The lowest BCUT2D eigenvalue weighted by Crippen LogP contribution is -2.65. The third-order valence-electron chi connectivity index (χ3n) is 19.4. The molecule has 2 saturated carbocycles. The molecule has 0 bridgehead atoms. The summed E-state index contributed by atoms with van der Waals surface area (Å²) in [4.78, 5) is 8.55. The summed E-state index contributed by atoms with van der Waals surface area (Å²) in [7, 11) is 0. The molecule has 354 valence electrons. The van der Waals surface area contributed by atoms with Crippen molar-refractivity contribution in [3.8, 4) is 0 Å². The minimum atomic E-state index is -0.210. The zero-order chi connectivity index (χ0) is 48.6. The first kappa shape index (κ1) is 45.0. The molecule has 0 saturated heterocycles. The highest BCUT2D eigenvalue weighted by Gasteiger charge is 2.64. The number of anilines is 7. The van der Waals surface area contributed by atoms with E-state index in [1.807, 2.05) is 0 Å². The Balaban J connectivity index is 1.22. The molecule has 4 atom stereocenters. The van der Waals surface area contributed by atoms with Gasteiger partial charge in [0.25, 0.3) is 6.71 Å². The lowest BCUT2D eigenvalue weighted by molar-refractivity contribution is 0.194. The van der Waals surface area contributed by atoms with Crippen LogP contribution in [0.3, 0.4) is 0 Å². The Bertz CT molecular complexity index is 3110. The molecule has 12 rings (SSSR count). The maximum atomic E-state index is 2.97. The minimum Gasteiger partial charge on any atom is -0.335 e. The predicted octanol–water partition coefficient (Wildman–Crippen LogP) is 15.3. The van der Waals surface area contributed by atoms with Gasteiger partial charge in [0.2, 0.25) is 0 Å². The highest BCUT2D eigenvalue weighted by atomic mass is 15.3. The van der Waals surface area contributed by atoms with Crippen molar-refractivity contribution in [1.29, 1.82) is 0 Å². The molecule has 0 spiro atoms. The van der Waals surface area contributed by atoms with Crippen LogP contribution in [0.5, 0.6) is 0 Å². The van der Waals surface area contributed by atoms with Gasteiger partial charge < -0.3 is 14.7 Å². The van der Waals surface area contributed by atoms with Crippen molar-refractivity contribution in [1.82, 2.24) is 0 Å². The Morgan fingerprint density at radius 3 is 1.72 bits per heavy atom. The third kappa shape index (κ3) is 5.87. The average molecular weight is 910 g/mol. The predicted molar refractivity (Wildman–Crippen MR) is 297 cm³/mol. The third-order valence-corrected chi connectivity index (χ3v) is 19.4. The van der Waals surface area contributed by atoms with Crippen molar-refractivity contribution in [2.24, 2.45) is 0 Å². The van der Waals surface area contributed by atoms with E-state index in [4.69, 9.17) is 0 Å². The van der Waals surface area contributed by atoms with Crippen molar-refractivity contribution in [3.05, 3.63) is 154 Å². The molecule has 0 radical (unpaired) electrons. The van der Waals surface area contributed by atoms with Gasteiger partial charge in [-0.15, -0.1) is 0 Å². The summed E-state index contributed by atoms with van der Waals surface area (Å²) in [5.74, 6) is 0. The number of nitrogens with zero attached hydrogens (tertiary/aromatic N) is 3. The normalized spacial score (nSPS) is 25.5. The Morgan fingerprint density at radius 1 is 0.478 bits per heavy atom. The van der Waals surface area contributed by atoms with Crippen LogP contribution < -0.4 is 31.1 Å². The molecular weight excluding hydrogens is 834 g/mol. The Labute approximate surface area is 415 Å². The molecule has 6 aromatic rings. The van der Waals surface area contributed by atoms with Gasteiger partial charge in [0.15, 0.2) is 0 Å². The van der Waals surface area contributed by atoms with Gasteiger partial charge in [0, 0.05) is 50.6 Å². The van der Waals surface area contributed by atoms with Gasteiger partial charge in [-0.2, -0.15) is 0 Å². The molecule has 3 nitrogen and oxygen atoms in total. The summed E-state index contributed by atoms with van der Waals surface area (Å²) >= 11 is 0. The topological polar surface area (TPSA) is 9.72 Å². The van der Waals surface area contributed by atoms with E-state index in [1.54, 1.807) is 5.56 Å². The highest BCUT2D eigenvalue weighted by molar-refractivity contribution is 7.00. The standard InChI is InChI=1S/C65H76BN3/c1-41-36-42(2)56-58-55(41)62(12)32-18-19-33-63(62,13)69(58)54-40-48(68-51-30-26-45(60(6,7)8)37-49(51)65(44-22-16-15-17-23-44)35-21-20-34-64(65,68)14)39-53-57(54)66(56)50-38-46(61(9,10)11)27-31-52(50)67(53)47-28-24-43(25-29-47)59(3,4)5/h15-17,22-31,36-40H,18-21,32-35H2,1-14H3. The summed E-state index contributed by atoms with van der Waals surface area (Å²) in [5, 5.41) is 0. The summed E-state index contributed by atoms with van der Waals surface area (Å²) < 4.78 is 0. The van der Waals surface area contributed by atoms with E-state index in [2.05, 4.69) is 221 Å². The van der Waals surface area contributed by atoms with Crippen LogP contribution in [0.15, 0.2) is 109 Å². The molecule has 69 heavy (non-hydrogen) atoms. The molecule has 4 heterocycles. The first-order valence-corrected chi connectivity index (χ1v) is 26.7. The Kier molecular flexibility index (Phi) is 9.42. The lowest BCUT2D eigenvalue weighted by Gasteiger charge is -2.54. The van der Waals surface area contributed by atoms with Crippen molar-refractivity contribution in [3.63, 3.8) is 0 Å². The Hall–Kier alpha value is -5.22. The number of hydrogen-bond acceptors (Lipinski definition) is 3. The van der Waals surface area contributed by atoms with Crippen molar-refractivity contribution < 1.29 is 0 Å². The van der Waals surface area contributed by atoms with E-state index in [0.717, 1.165) is 12.8 Å². The quantitative estimate of drug-likeness (QED) is 0.164. The summed E-state index contributed by atoms with van der Waals surface area (Å²) in [6.45, 7) is 34.2. The van der Waals surface area contributed by atoms with Gasteiger partial charge in [0.1, 0.15) is 0 Å². The van der Waals surface area contributed by atoms with Gasteiger partial charge in [-0.05, 0) is 161 Å². The lowest BCUT2D eigenvalue weighted by atomic mass is 9.32. The first-order chi connectivity index (χ1) is 32.5. The average Bonchev–Trinajstić information content (AvgIpc) is 3.67. The summed E-state index contributed by atoms with van der Waals surface area (Å²) in [5.41, 5.74) is 25.2. The smallest absolute Gasteiger partial charge is 0.252 e. The fourth-order valence-electron chi connectivity index (χ4n) is 15.6. The molecule has 4 unspecified atom stereocenters. The molecule has 0 N–H and O–H groups in total. The molecule has 6 aromatic carbocycles. The molecule has 4 heteroatoms. The van der Waals surface area contributed by atoms with Crippen LogP contribution in [-0.4, -0.2) is 17.8 Å². The van der Waals surface area contributed by atoms with Crippen molar-refractivity contribution >= 4 is 62.9 Å². The second-order valence-electron chi connectivity index (χ2n) is 26.4. The minimum absolute atomic E-state index is 0.00125. The number of benzene rings is 6. The van der Waals surface area contributed by atoms with Crippen molar-refractivity contribution in [2.45, 2.75) is 186 Å². The zero-order valence-corrected chi connectivity index (χ0v) is 44.5. The number of fused-ring (bicyclic) bond motifs is 10. The van der Waals surface area contributed by atoms with E-state index >= 15 is 0 Å². The molecule has 0 amide bonds. The molecule has 6 aliphatic rings. The zero-order valence-electron chi connectivity index (χ0n) is 44.5. The molecule has 0 aromatic heterocycles. The van der Waals surface area contributed by atoms with E-state index in [1.165, 1.54) is 134 Å². The maximum absolute atomic E-state index is 2.97. The van der Waals surface area contributed by atoms with Gasteiger partial charge in [-0.3, -0.25) is 0 Å². The SMILES string of the molecule is Cc1cc(C)c2c3c1B1c4cc(C(C)(C)C)ccc4N(c4ccc(C(C)(C)C)cc4)c4cc(N5c6ccc(C(C)(C)C)cc6C6(c7ccccc7)CCCCC56C)cc(c41)N3C1(C)CCCCC21C. The van der Waals surface area contributed by atoms with Crippen LogP contribution in [0.4, 0.5) is 39.8 Å². The second kappa shape index (κ2) is 14.5. The fraction of sp³-hybridized carbons (Fsp3) is 0.446. The number of hydrogen-bond donors (Lipinski definition) is 0. The highest BCUT2D eigenvalue weighted by Crippen LogP contribution is 2.67. The fourth-order valence-corrected chi connectivity index (χ4v) is 15.6. The van der Waals surface area contributed by atoms with Crippen LogP contribution in [0, 0.1) is 13.8 Å². The van der Waals surface area contributed by atoms with Gasteiger partial charge in [0.05, 0.1) is 11.1 Å².